The van der Waals surface area contributed by atoms with Gasteiger partial charge >= 0.3 is 6.09 Å². The molecule has 0 aromatic carbocycles. The summed E-state index contributed by atoms with van der Waals surface area (Å²) in [4.78, 5) is 12.7. The van der Waals surface area contributed by atoms with Crippen molar-refractivity contribution in [2.75, 3.05) is 0 Å². The van der Waals surface area contributed by atoms with Crippen molar-refractivity contribution in [1.82, 2.24) is 4.90 Å². The van der Waals surface area contributed by atoms with E-state index in [-0.39, 0.29) is 0 Å². The van der Waals surface area contributed by atoms with Crippen LogP contribution < -0.4 is 0 Å². The van der Waals surface area contributed by atoms with Crippen LogP contribution >= 0.6 is 0 Å². The maximum atomic E-state index is 11.4. The third kappa shape index (κ3) is 3.19. The van der Waals surface area contributed by atoms with Crippen LogP contribution in [0.2, 0.25) is 0 Å². The molecule has 1 aliphatic heterocycles. The van der Waals surface area contributed by atoms with Crippen LogP contribution in [0.15, 0.2) is 24.9 Å². The number of nitrogens with zero attached hydrogens (tertiary/aromatic N) is 1. The van der Waals surface area contributed by atoms with Gasteiger partial charge in [-0.05, 0) is 20.8 Å². The third-order valence-corrected chi connectivity index (χ3v) is 1.20. The minimum Gasteiger partial charge on any atom is -0.470 e. The van der Waals surface area contributed by atoms with E-state index in [1.54, 1.807) is 0 Å². The van der Waals surface area contributed by atoms with Crippen LogP contribution in [0.3, 0.4) is 0 Å². The van der Waals surface area contributed by atoms with Crippen LogP contribution in [0, 0.1) is 0 Å². The summed E-state index contributed by atoms with van der Waals surface area (Å²) in [6, 6.07) is 0. The van der Waals surface area contributed by atoms with Crippen molar-refractivity contribution in [2.24, 2.45) is 0 Å². The minimum absolute atomic E-state index is 0.414. The molecule has 0 aromatic heterocycles. The highest BCUT2D eigenvalue weighted by Crippen LogP contribution is 2.11. The lowest BCUT2D eigenvalue weighted by atomic mass is 10.2. The Kier molecular flexibility index (Phi) is 2.60. The zero-order valence-corrected chi connectivity index (χ0v) is 7.98. The van der Waals surface area contributed by atoms with E-state index in [2.05, 4.69) is 0 Å². The van der Waals surface area contributed by atoms with Crippen molar-refractivity contribution in [3.63, 3.8) is 0 Å². The maximum Gasteiger partial charge on any atom is 0.418 e. The average Bonchev–Trinajstić information content (AvgIpc) is 2.03. The largest absolute Gasteiger partial charge is 0.470 e. The molecule has 0 bridgehead atoms. The van der Waals surface area contributed by atoms with E-state index >= 15 is 0 Å². The molecule has 13 heavy (non-hydrogen) atoms. The van der Waals surface area contributed by atoms with Gasteiger partial charge in [-0.3, -0.25) is 4.90 Å². The fraction of sp³-hybridized carbons (Fsp3) is 0.444. The summed E-state index contributed by atoms with van der Waals surface area (Å²) in [6.07, 6.45) is 5.39. The van der Waals surface area contributed by atoms with Crippen LogP contribution in [-0.4, -0.2) is 16.6 Å². The number of amides is 1. The van der Waals surface area contributed by atoms with Gasteiger partial charge in [0.05, 0.1) is 12.4 Å². The molecule has 1 rings (SSSR count). The van der Waals surface area contributed by atoms with Gasteiger partial charge in [-0.15, -0.1) is 0 Å². The molecule has 0 unspecified atom stereocenters. The molecule has 1 heterocycles. The molecule has 0 atom stereocenters. The summed E-state index contributed by atoms with van der Waals surface area (Å²) in [6.45, 7) is 5.45. The Bertz CT molecular complexity index is 238. The highest BCUT2D eigenvalue weighted by molar-refractivity contribution is 5.70. The highest BCUT2D eigenvalue weighted by Gasteiger charge is 2.19. The molecule has 0 saturated heterocycles. The number of hydrogen-bond donors (Lipinski definition) is 0. The zero-order valence-electron chi connectivity index (χ0n) is 7.98. The summed E-state index contributed by atoms with van der Waals surface area (Å²) in [5.41, 5.74) is -0.475. The van der Waals surface area contributed by atoms with Crippen molar-refractivity contribution in [3.05, 3.63) is 24.9 Å². The predicted octanol–water partition coefficient (Wildman–Crippen LogP) is 2.20. The standard InChI is InChI=1S/C9H13NO3/c1-9(2,3)13-8(11)10-4-6-12-7-5-10/h4-7H,1-3H3. The maximum absolute atomic E-state index is 11.4. The molecule has 0 radical (unpaired) electrons. The lowest BCUT2D eigenvalue weighted by Gasteiger charge is -2.23. The molecule has 0 aromatic rings. The Morgan fingerprint density at radius 1 is 1.31 bits per heavy atom. The fourth-order valence-corrected chi connectivity index (χ4v) is 0.733. The van der Waals surface area contributed by atoms with E-state index in [1.807, 2.05) is 20.8 Å². The van der Waals surface area contributed by atoms with Crippen molar-refractivity contribution in [3.8, 4) is 0 Å². The molecule has 0 aliphatic carbocycles. The van der Waals surface area contributed by atoms with E-state index in [1.165, 1.54) is 29.8 Å². The summed E-state index contributed by atoms with van der Waals surface area (Å²) in [7, 11) is 0. The Labute approximate surface area is 77.4 Å². The van der Waals surface area contributed by atoms with Crippen molar-refractivity contribution < 1.29 is 14.3 Å². The Hall–Kier alpha value is -1.45. The molecule has 1 aliphatic rings. The average molecular weight is 183 g/mol. The molecule has 0 saturated carbocycles. The van der Waals surface area contributed by atoms with Crippen LogP contribution in [0.25, 0.3) is 0 Å². The molecule has 0 fully saturated rings. The van der Waals surface area contributed by atoms with Crippen LogP contribution in [0.1, 0.15) is 20.8 Å². The lowest BCUT2D eigenvalue weighted by Crippen LogP contribution is -2.31. The summed E-state index contributed by atoms with van der Waals surface area (Å²) in [5.74, 6) is 0. The molecule has 72 valence electrons. The second kappa shape index (κ2) is 3.51. The van der Waals surface area contributed by atoms with E-state index in [4.69, 9.17) is 9.47 Å². The quantitative estimate of drug-likeness (QED) is 0.577. The van der Waals surface area contributed by atoms with Gasteiger partial charge in [0.15, 0.2) is 0 Å². The van der Waals surface area contributed by atoms with Gasteiger partial charge in [-0.2, -0.15) is 0 Å². The first-order valence-corrected chi connectivity index (χ1v) is 3.99. The third-order valence-electron chi connectivity index (χ3n) is 1.20. The Morgan fingerprint density at radius 2 is 1.85 bits per heavy atom. The smallest absolute Gasteiger partial charge is 0.418 e. The number of ether oxygens (including phenoxy) is 2. The zero-order chi connectivity index (χ0) is 9.90. The Morgan fingerprint density at radius 3 is 2.31 bits per heavy atom. The molecular weight excluding hydrogens is 170 g/mol. The van der Waals surface area contributed by atoms with Crippen molar-refractivity contribution >= 4 is 6.09 Å². The highest BCUT2D eigenvalue weighted by atomic mass is 16.6. The Balaban J connectivity index is 2.53. The van der Waals surface area contributed by atoms with Gasteiger partial charge < -0.3 is 9.47 Å². The fourth-order valence-electron chi connectivity index (χ4n) is 0.733. The van der Waals surface area contributed by atoms with E-state index < -0.39 is 11.7 Å². The first-order chi connectivity index (χ1) is 5.99. The number of hydrogen-bond acceptors (Lipinski definition) is 3. The first kappa shape index (κ1) is 9.64. The van der Waals surface area contributed by atoms with Gasteiger partial charge in [-0.25, -0.2) is 4.79 Å². The van der Waals surface area contributed by atoms with Crippen molar-refractivity contribution in [2.45, 2.75) is 26.4 Å². The number of rotatable bonds is 0. The molecular formula is C9H13NO3. The normalized spacial score (nSPS) is 15.5. The monoisotopic (exact) mass is 183 g/mol. The van der Waals surface area contributed by atoms with Gasteiger partial charge in [-0.1, -0.05) is 0 Å². The van der Waals surface area contributed by atoms with Gasteiger partial charge in [0, 0.05) is 0 Å². The van der Waals surface area contributed by atoms with E-state index in [9.17, 15) is 4.79 Å². The summed E-state index contributed by atoms with van der Waals surface area (Å²) < 4.78 is 9.88. The molecule has 0 N–H and O–H groups in total. The lowest BCUT2D eigenvalue weighted by molar-refractivity contribution is 0.0387. The second-order valence-corrected chi connectivity index (χ2v) is 3.59. The second-order valence-electron chi connectivity index (χ2n) is 3.59. The van der Waals surface area contributed by atoms with Crippen LogP contribution in [0.5, 0.6) is 0 Å². The first-order valence-electron chi connectivity index (χ1n) is 3.99. The molecule has 4 nitrogen and oxygen atoms in total. The van der Waals surface area contributed by atoms with Gasteiger partial charge in [0.25, 0.3) is 0 Å². The molecule has 0 spiro atoms. The van der Waals surface area contributed by atoms with Crippen LogP contribution in [0.4, 0.5) is 4.79 Å². The topological polar surface area (TPSA) is 38.8 Å². The van der Waals surface area contributed by atoms with Crippen LogP contribution in [-0.2, 0) is 9.47 Å². The molecule has 4 heteroatoms. The molecule has 1 amide bonds. The minimum atomic E-state index is -0.475. The SMILES string of the molecule is CC(C)(C)OC(=O)N1C=COC=C1. The summed E-state index contributed by atoms with van der Waals surface area (Å²) in [5, 5.41) is 0. The number of carbonyl (C=O) groups is 1. The van der Waals surface area contributed by atoms with Gasteiger partial charge in [0.2, 0.25) is 0 Å². The summed E-state index contributed by atoms with van der Waals surface area (Å²) >= 11 is 0. The van der Waals surface area contributed by atoms with E-state index in [0.717, 1.165) is 0 Å². The van der Waals surface area contributed by atoms with E-state index in [0.29, 0.717) is 0 Å². The number of carbonyl (C=O) groups excluding carboxylic acids is 1. The van der Waals surface area contributed by atoms with Gasteiger partial charge in [0.1, 0.15) is 18.1 Å². The van der Waals surface area contributed by atoms with Crippen molar-refractivity contribution in [1.29, 1.82) is 0 Å². The predicted molar refractivity (Wildman–Crippen MR) is 47.4 cm³/mol.